The Labute approximate surface area is 405 Å². The number of thiophene rings is 1. The van der Waals surface area contributed by atoms with Gasteiger partial charge in [-0.05, 0) is 124 Å². The van der Waals surface area contributed by atoms with Gasteiger partial charge in [-0.25, -0.2) is 4.98 Å². The molecule has 0 amide bonds. The summed E-state index contributed by atoms with van der Waals surface area (Å²) >= 11 is 1.87. The number of aromatic nitrogens is 2. The minimum absolute atomic E-state index is 0.846. The van der Waals surface area contributed by atoms with Crippen LogP contribution in [0.3, 0.4) is 0 Å². The lowest BCUT2D eigenvalue weighted by Gasteiger charge is -2.11. The van der Waals surface area contributed by atoms with Crippen molar-refractivity contribution in [3.8, 4) is 61.6 Å². The van der Waals surface area contributed by atoms with Gasteiger partial charge in [0.2, 0.25) is 0 Å². The smallest absolute Gasteiger partial charge is 0.136 e. The number of hydrogen-bond donors (Lipinski definition) is 0. The molecular formula is C65H38N2O2S. The Morgan fingerprint density at radius 1 is 0.329 bits per heavy atom. The summed E-state index contributed by atoms with van der Waals surface area (Å²) in [7, 11) is 0. The number of pyridine rings is 1. The summed E-state index contributed by atoms with van der Waals surface area (Å²) in [4.78, 5) is 5.28. The lowest BCUT2D eigenvalue weighted by molar-refractivity contribution is 0.668. The maximum atomic E-state index is 6.63. The number of rotatable bonds is 6. The molecule has 10 aromatic carbocycles. The van der Waals surface area contributed by atoms with Gasteiger partial charge in [0.15, 0.2) is 0 Å². The van der Waals surface area contributed by atoms with Crippen LogP contribution < -0.4 is 0 Å². The second-order valence-electron chi connectivity index (χ2n) is 18.2. The van der Waals surface area contributed by atoms with Crippen molar-refractivity contribution >= 4 is 97.2 Å². The van der Waals surface area contributed by atoms with Gasteiger partial charge in [-0.2, -0.15) is 0 Å². The minimum atomic E-state index is 0.846. The molecule has 15 aromatic rings. The van der Waals surface area contributed by atoms with E-state index in [4.69, 9.17) is 13.8 Å². The highest BCUT2D eigenvalue weighted by atomic mass is 32.1. The van der Waals surface area contributed by atoms with Crippen LogP contribution in [0.4, 0.5) is 0 Å². The lowest BCUT2D eigenvalue weighted by Crippen LogP contribution is -1.92. The molecule has 0 bridgehead atoms. The predicted octanol–water partition coefficient (Wildman–Crippen LogP) is 18.7. The second kappa shape index (κ2) is 15.2. The van der Waals surface area contributed by atoms with Gasteiger partial charge in [0, 0.05) is 69.3 Å². The average molecular weight is 911 g/mol. The number of fused-ring (bicyclic) bond motifs is 12. The molecule has 0 aliphatic rings. The standard InChI is InChI=1S/C65H38N2O2S/c1-3-13-39(14-4-1)55-36-44(37-56(66-55)43-25-29-50-49-18-8-10-23-59(49)69-62(50)38-43)46-19-12-24-61-64(46)54-34-40(27-31-60(54)68-61)41-28-32-63-53(33-41)51-21-11-20-47(65(51)70-63)42-26-30-58-52(35-42)48-17-7-9-22-57(48)67(58)45-15-5-2-6-16-45/h1-38H. The summed E-state index contributed by atoms with van der Waals surface area (Å²) in [5, 5.41) is 9.41. The zero-order valence-corrected chi connectivity index (χ0v) is 38.4. The normalized spacial score (nSPS) is 12.0. The molecule has 5 heteroatoms. The van der Waals surface area contributed by atoms with Crippen LogP contribution >= 0.6 is 11.3 Å². The van der Waals surface area contributed by atoms with Gasteiger partial charge in [0.25, 0.3) is 0 Å². The fourth-order valence-electron chi connectivity index (χ4n) is 10.9. The fraction of sp³-hybridized carbons (Fsp3) is 0. The molecule has 4 nitrogen and oxygen atoms in total. The first-order valence-corrected chi connectivity index (χ1v) is 24.5. The van der Waals surface area contributed by atoms with Crippen molar-refractivity contribution in [2.75, 3.05) is 0 Å². The topological polar surface area (TPSA) is 44.1 Å². The largest absolute Gasteiger partial charge is 0.456 e. The van der Waals surface area contributed by atoms with Crippen LogP contribution in [0.25, 0.3) is 147 Å². The maximum Gasteiger partial charge on any atom is 0.136 e. The first-order valence-electron chi connectivity index (χ1n) is 23.7. The van der Waals surface area contributed by atoms with Crippen molar-refractivity contribution in [1.29, 1.82) is 0 Å². The molecule has 0 saturated carbocycles. The Hall–Kier alpha value is -9.03. The summed E-state index contributed by atoms with van der Waals surface area (Å²) in [6.45, 7) is 0. The van der Waals surface area contributed by atoms with E-state index in [-0.39, 0.29) is 0 Å². The molecule has 0 aliphatic heterocycles. The van der Waals surface area contributed by atoms with Gasteiger partial charge in [-0.1, -0.05) is 140 Å². The summed E-state index contributed by atoms with van der Waals surface area (Å²) < 4.78 is 17.9. The van der Waals surface area contributed by atoms with E-state index in [2.05, 4.69) is 217 Å². The summed E-state index contributed by atoms with van der Waals surface area (Å²) in [5.74, 6) is 0. The van der Waals surface area contributed by atoms with Crippen molar-refractivity contribution < 1.29 is 8.83 Å². The van der Waals surface area contributed by atoms with Gasteiger partial charge in [-0.15, -0.1) is 11.3 Å². The molecule has 5 heterocycles. The van der Waals surface area contributed by atoms with E-state index >= 15 is 0 Å². The third kappa shape index (κ3) is 6.05. The molecule has 0 N–H and O–H groups in total. The van der Waals surface area contributed by atoms with Crippen LogP contribution in [-0.4, -0.2) is 9.55 Å². The summed E-state index contributed by atoms with van der Waals surface area (Å²) in [6, 6.07) is 82.6. The van der Waals surface area contributed by atoms with Crippen LogP contribution in [0.2, 0.25) is 0 Å². The molecule has 0 radical (unpaired) electrons. The van der Waals surface area contributed by atoms with E-state index < -0.39 is 0 Å². The van der Waals surface area contributed by atoms with E-state index in [0.29, 0.717) is 0 Å². The fourth-order valence-corrected chi connectivity index (χ4v) is 12.1. The van der Waals surface area contributed by atoms with Crippen molar-refractivity contribution in [3.63, 3.8) is 0 Å². The van der Waals surface area contributed by atoms with Gasteiger partial charge >= 0.3 is 0 Å². The second-order valence-corrected chi connectivity index (χ2v) is 19.3. The van der Waals surface area contributed by atoms with Gasteiger partial charge < -0.3 is 13.4 Å². The lowest BCUT2D eigenvalue weighted by atomic mass is 9.95. The maximum absolute atomic E-state index is 6.63. The highest BCUT2D eigenvalue weighted by Crippen LogP contribution is 2.45. The van der Waals surface area contributed by atoms with Crippen molar-refractivity contribution in [1.82, 2.24) is 9.55 Å². The number of benzene rings is 10. The van der Waals surface area contributed by atoms with Crippen LogP contribution in [0.5, 0.6) is 0 Å². The van der Waals surface area contributed by atoms with E-state index in [0.717, 1.165) is 83.1 Å². The van der Waals surface area contributed by atoms with Crippen LogP contribution in [0.15, 0.2) is 239 Å². The molecular weight excluding hydrogens is 873 g/mol. The zero-order valence-electron chi connectivity index (χ0n) is 37.6. The SMILES string of the molecule is c1ccc(-c2cc(-c3cccc4oc5ccc(-c6ccc7sc8c(-c9ccc%10c(c9)c9ccccc9n%10-c9ccccc9)cccc8c7c6)cc5c34)cc(-c3ccc4c(c3)oc3ccccc34)n2)cc1. The Kier molecular flexibility index (Phi) is 8.49. The molecule has 0 saturated heterocycles. The van der Waals surface area contributed by atoms with Crippen molar-refractivity contribution in [3.05, 3.63) is 231 Å². The average Bonchev–Trinajstić information content (AvgIpc) is 4.19. The Morgan fingerprint density at radius 2 is 0.943 bits per heavy atom. The number of furan rings is 2. The first-order chi connectivity index (χ1) is 34.7. The molecule has 15 rings (SSSR count). The molecule has 0 unspecified atom stereocenters. The van der Waals surface area contributed by atoms with Crippen molar-refractivity contribution in [2.24, 2.45) is 0 Å². The van der Waals surface area contributed by atoms with Gasteiger partial charge in [0.05, 0.1) is 22.4 Å². The summed E-state index contributed by atoms with van der Waals surface area (Å²) in [5.41, 5.74) is 17.8. The van der Waals surface area contributed by atoms with Crippen LogP contribution in [0, 0.1) is 0 Å². The molecule has 0 atom stereocenters. The molecule has 326 valence electrons. The third-order valence-corrected chi connectivity index (χ3v) is 15.4. The minimum Gasteiger partial charge on any atom is -0.456 e. The third-order valence-electron chi connectivity index (χ3n) is 14.2. The van der Waals surface area contributed by atoms with Gasteiger partial charge in [-0.3, -0.25) is 0 Å². The van der Waals surface area contributed by atoms with E-state index in [1.807, 2.05) is 29.5 Å². The number of para-hydroxylation sites is 3. The predicted molar refractivity (Wildman–Crippen MR) is 293 cm³/mol. The molecule has 0 fully saturated rings. The van der Waals surface area contributed by atoms with Crippen LogP contribution in [-0.2, 0) is 0 Å². The van der Waals surface area contributed by atoms with E-state index in [9.17, 15) is 0 Å². The van der Waals surface area contributed by atoms with Crippen molar-refractivity contribution in [2.45, 2.75) is 0 Å². The van der Waals surface area contributed by atoms with Gasteiger partial charge in [0.1, 0.15) is 22.3 Å². The molecule has 0 aliphatic carbocycles. The molecule has 0 spiro atoms. The highest BCUT2D eigenvalue weighted by Gasteiger charge is 2.19. The van der Waals surface area contributed by atoms with E-state index in [1.165, 1.54) is 64.4 Å². The Balaban J connectivity index is 0.847. The first kappa shape index (κ1) is 39.0. The highest BCUT2D eigenvalue weighted by molar-refractivity contribution is 7.26. The zero-order chi connectivity index (χ0) is 45.9. The summed E-state index contributed by atoms with van der Waals surface area (Å²) in [6.07, 6.45) is 0. The monoisotopic (exact) mass is 910 g/mol. The quantitative estimate of drug-likeness (QED) is 0.167. The van der Waals surface area contributed by atoms with Crippen LogP contribution in [0.1, 0.15) is 0 Å². The number of hydrogen-bond acceptors (Lipinski definition) is 4. The Morgan fingerprint density at radius 3 is 1.83 bits per heavy atom. The Bertz CT molecular complexity index is 4590. The molecule has 70 heavy (non-hydrogen) atoms. The number of nitrogens with zero attached hydrogens (tertiary/aromatic N) is 2. The molecule has 5 aromatic heterocycles. The van der Waals surface area contributed by atoms with E-state index in [1.54, 1.807) is 0 Å².